The van der Waals surface area contributed by atoms with Gasteiger partial charge in [0, 0.05) is 24.1 Å². The van der Waals surface area contributed by atoms with Crippen LogP contribution in [-0.4, -0.2) is 45.2 Å². The summed E-state index contributed by atoms with van der Waals surface area (Å²) in [5.41, 5.74) is 0. The fraction of sp³-hybridized carbons (Fsp3) is 0.500. The van der Waals surface area contributed by atoms with Gasteiger partial charge in [0.05, 0.1) is 0 Å². The summed E-state index contributed by atoms with van der Waals surface area (Å²) in [4.78, 5) is 2.10. The third-order valence-corrected chi connectivity index (χ3v) is 2.66. The summed E-state index contributed by atoms with van der Waals surface area (Å²) in [6, 6.07) is 4.67. The summed E-state index contributed by atoms with van der Waals surface area (Å²) in [7, 11) is 4.05. The number of halogens is 2. The van der Waals surface area contributed by atoms with Gasteiger partial charge in [0.2, 0.25) is 0 Å². The predicted molar refractivity (Wildman–Crippen MR) is 71.0 cm³/mol. The van der Waals surface area contributed by atoms with E-state index in [1.54, 1.807) is 12.1 Å². The lowest BCUT2D eigenvalue weighted by Gasteiger charge is -2.11. The summed E-state index contributed by atoms with van der Waals surface area (Å²) in [5, 5.41) is 3.22. The second kappa shape index (κ2) is 7.63. The molecule has 0 spiro atoms. The Morgan fingerprint density at radius 1 is 1.35 bits per heavy atom. The van der Waals surface area contributed by atoms with Gasteiger partial charge in [-0.25, -0.2) is 4.39 Å². The Labute approximate surface area is 110 Å². The molecule has 5 heteroatoms. The van der Waals surface area contributed by atoms with Gasteiger partial charge in [-0.3, -0.25) is 0 Å². The van der Waals surface area contributed by atoms with Crippen LogP contribution in [0.25, 0.3) is 0 Å². The molecular weight excluding hydrogens is 287 g/mol. The number of hydrogen-bond acceptors (Lipinski definition) is 3. The molecule has 0 aliphatic heterocycles. The minimum Gasteiger partial charge on any atom is -0.489 e. The molecule has 3 nitrogen and oxygen atoms in total. The van der Waals surface area contributed by atoms with Gasteiger partial charge in [-0.15, -0.1) is 0 Å². The molecule has 96 valence electrons. The van der Waals surface area contributed by atoms with Gasteiger partial charge in [0.25, 0.3) is 0 Å². The molecule has 0 saturated heterocycles. The zero-order chi connectivity index (χ0) is 12.7. The highest BCUT2D eigenvalue weighted by Crippen LogP contribution is 2.21. The second-order valence-electron chi connectivity index (χ2n) is 3.98. The first-order valence-electron chi connectivity index (χ1n) is 5.53. The Hall–Kier alpha value is -0.650. The molecule has 0 aliphatic carbocycles. The highest BCUT2D eigenvalue weighted by atomic mass is 79.9. The van der Waals surface area contributed by atoms with Crippen LogP contribution in [0.1, 0.15) is 0 Å². The number of hydrogen-bond donors (Lipinski definition) is 1. The monoisotopic (exact) mass is 304 g/mol. The summed E-state index contributed by atoms with van der Waals surface area (Å²) in [6.07, 6.45) is 0. The number of nitrogens with zero attached hydrogens (tertiary/aromatic N) is 1. The minimum absolute atomic E-state index is 0.286. The van der Waals surface area contributed by atoms with Gasteiger partial charge in [-0.05, 0) is 32.3 Å². The summed E-state index contributed by atoms with van der Waals surface area (Å²) in [6.45, 7) is 3.04. The summed E-state index contributed by atoms with van der Waals surface area (Å²) >= 11 is 3.28. The van der Waals surface area contributed by atoms with Gasteiger partial charge in [0.15, 0.2) is 11.6 Å². The molecule has 0 radical (unpaired) electrons. The zero-order valence-corrected chi connectivity index (χ0v) is 11.8. The molecule has 0 heterocycles. The van der Waals surface area contributed by atoms with Gasteiger partial charge in [-0.1, -0.05) is 15.9 Å². The Bertz CT molecular complexity index is 347. The van der Waals surface area contributed by atoms with Crippen LogP contribution in [0.3, 0.4) is 0 Å². The molecule has 1 aromatic carbocycles. The molecule has 1 N–H and O–H groups in total. The predicted octanol–water partition coefficient (Wildman–Crippen LogP) is 2.12. The van der Waals surface area contributed by atoms with Crippen molar-refractivity contribution in [3.8, 4) is 5.75 Å². The maximum absolute atomic E-state index is 13.3. The van der Waals surface area contributed by atoms with Gasteiger partial charge in [-0.2, -0.15) is 0 Å². The van der Waals surface area contributed by atoms with E-state index in [0.29, 0.717) is 13.2 Å². The quantitative estimate of drug-likeness (QED) is 0.781. The topological polar surface area (TPSA) is 24.5 Å². The number of benzene rings is 1. The molecule has 0 amide bonds. The largest absolute Gasteiger partial charge is 0.489 e. The van der Waals surface area contributed by atoms with Crippen molar-refractivity contribution in [3.63, 3.8) is 0 Å². The normalized spacial score (nSPS) is 10.9. The molecule has 1 rings (SSSR count). The van der Waals surface area contributed by atoms with Crippen LogP contribution >= 0.6 is 15.9 Å². The molecule has 0 bridgehead atoms. The van der Waals surface area contributed by atoms with Crippen molar-refractivity contribution in [2.24, 2.45) is 0 Å². The van der Waals surface area contributed by atoms with Crippen molar-refractivity contribution in [3.05, 3.63) is 28.5 Å². The summed E-state index contributed by atoms with van der Waals surface area (Å²) < 4.78 is 19.4. The maximum atomic E-state index is 13.3. The van der Waals surface area contributed by atoms with Crippen LogP contribution < -0.4 is 10.1 Å². The molecule has 0 fully saturated rings. The van der Waals surface area contributed by atoms with E-state index in [0.717, 1.165) is 17.6 Å². The van der Waals surface area contributed by atoms with Gasteiger partial charge < -0.3 is 15.0 Å². The third-order valence-electron chi connectivity index (χ3n) is 2.17. The first kappa shape index (κ1) is 14.4. The molecule has 0 saturated carbocycles. The Morgan fingerprint density at radius 3 is 2.82 bits per heavy atom. The van der Waals surface area contributed by atoms with E-state index in [-0.39, 0.29) is 11.6 Å². The van der Waals surface area contributed by atoms with Crippen molar-refractivity contribution in [2.45, 2.75) is 0 Å². The van der Waals surface area contributed by atoms with E-state index in [9.17, 15) is 4.39 Å². The van der Waals surface area contributed by atoms with Crippen LogP contribution in [0.15, 0.2) is 22.7 Å². The standard InChI is InChI=1S/C12H18BrFN2O/c1-16(2)7-5-15-6-8-17-12-9-10(13)3-4-11(12)14/h3-4,9,15H,5-8H2,1-2H3. The van der Waals surface area contributed by atoms with Crippen molar-refractivity contribution in [1.82, 2.24) is 10.2 Å². The molecule has 0 aromatic heterocycles. The minimum atomic E-state index is -0.332. The van der Waals surface area contributed by atoms with Crippen LogP contribution in [0.5, 0.6) is 5.75 Å². The first-order chi connectivity index (χ1) is 8.09. The van der Waals surface area contributed by atoms with Crippen molar-refractivity contribution in [1.29, 1.82) is 0 Å². The second-order valence-corrected chi connectivity index (χ2v) is 4.89. The third kappa shape index (κ3) is 6.00. The zero-order valence-electron chi connectivity index (χ0n) is 10.2. The molecule has 0 unspecified atom stereocenters. The fourth-order valence-electron chi connectivity index (χ4n) is 1.25. The number of ether oxygens (including phenoxy) is 1. The van der Waals surface area contributed by atoms with Gasteiger partial charge in [0.1, 0.15) is 6.61 Å². The van der Waals surface area contributed by atoms with Crippen molar-refractivity contribution >= 4 is 15.9 Å². The molecule has 0 aliphatic rings. The van der Waals surface area contributed by atoms with E-state index in [4.69, 9.17) is 4.74 Å². The number of likely N-dealkylation sites (N-methyl/N-ethyl adjacent to an activating group) is 1. The molecule has 17 heavy (non-hydrogen) atoms. The lowest BCUT2D eigenvalue weighted by molar-refractivity contribution is 0.294. The van der Waals surface area contributed by atoms with Crippen LogP contribution in [0, 0.1) is 5.82 Å². The Morgan fingerprint density at radius 2 is 2.12 bits per heavy atom. The van der Waals surface area contributed by atoms with E-state index < -0.39 is 0 Å². The van der Waals surface area contributed by atoms with E-state index in [1.807, 2.05) is 14.1 Å². The summed E-state index contributed by atoms with van der Waals surface area (Å²) in [5.74, 6) is -0.0460. The number of rotatable bonds is 7. The van der Waals surface area contributed by atoms with Gasteiger partial charge >= 0.3 is 0 Å². The maximum Gasteiger partial charge on any atom is 0.165 e. The molecular formula is C12H18BrFN2O. The lowest BCUT2D eigenvalue weighted by atomic mass is 10.3. The molecule has 1 aromatic rings. The SMILES string of the molecule is CN(C)CCNCCOc1cc(Br)ccc1F. The average molecular weight is 305 g/mol. The first-order valence-corrected chi connectivity index (χ1v) is 6.32. The smallest absolute Gasteiger partial charge is 0.165 e. The Kier molecular flexibility index (Phi) is 6.47. The van der Waals surface area contributed by atoms with Crippen molar-refractivity contribution < 1.29 is 9.13 Å². The highest BCUT2D eigenvalue weighted by Gasteiger charge is 2.03. The van der Waals surface area contributed by atoms with Crippen LogP contribution in [-0.2, 0) is 0 Å². The van der Waals surface area contributed by atoms with E-state index in [2.05, 4.69) is 26.1 Å². The van der Waals surface area contributed by atoms with E-state index >= 15 is 0 Å². The Balaban J connectivity index is 2.20. The average Bonchev–Trinajstić information content (AvgIpc) is 2.27. The number of nitrogens with one attached hydrogen (secondary N) is 1. The van der Waals surface area contributed by atoms with Crippen molar-refractivity contribution in [2.75, 3.05) is 40.3 Å². The lowest BCUT2D eigenvalue weighted by Crippen LogP contribution is -2.29. The van der Waals surface area contributed by atoms with E-state index in [1.165, 1.54) is 6.07 Å². The van der Waals surface area contributed by atoms with Crippen LogP contribution in [0.2, 0.25) is 0 Å². The molecule has 0 atom stereocenters. The highest BCUT2D eigenvalue weighted by molar-refractivity contribution is 9.10. The fourth-order valence-corrected chi connectivity index (χ4v) is 1.59. The van der Waals surface area contributed by atoms with Crippen LogP contribution in [0.4, 0.5) is 4.39 Å².